The smallest absolute Gasteiger partial charge is 0.282 e. The van der Waals surface area contributed by atoms with Crippen molar-refractivity contribution in [2.45, 2.75) is 20.0 Å². The number of methoxy groups -OCH3 is 1. The second-order valence-corrected chi connectivity index (χ2v) is 7.66. The summed E-state index contributed by atoms with van der Waals surface area (Å²) < 4.78 is 24.8. The van der Waals surface area contributed by atoms with Crippen LogP contribution in [0.3, 0.4) is 0 Å². The highest BCUT2D eigenvalue weighted by Gasteiger charge is 2.41. The molecule has 3 aromatic rings. The van der Waals surface area contributed by atoms with Gasteiger partial charge in [-0.3, -0.25) is 9.59 Å². The number of carbonyl (C=O) groups excluding carboxylic acids is 2. The number of halogens is 1. The topological polar surface area (TPSA) is 67.9 Å². The van der Waals surface area contributed by atoms with Gasteiger partial charge in [0.05, 0.1) is 30.2 Å². The van der Waals surface area contributed by atoms with Crippen LogP contribution in [0, 0.1) is 5.82 Å². The lowest BCUT2D eigenvalue weighted by atomic mass is 10.0. The van der Waals surface area contributed by atoms with E-state index < -0.39 is 17.6 Å². The normalized spacial score (nSPS) is 13.7. The second-order valence-electron chi connectivity index (χ2n) is 7.66. The van der Waals surface area contributed by atoms with Crippen LogP contribution in [-0.4, -0.2) is 25.0 Å². The van der Waals surface area contributed by atoms with Crippen molar-refractivity contribution in [1.82, 2.24) is 0 Å². The first-order chi connectivity index (χ1) is 15.9. The Morgan fingerprint density at radius 3 is 2.15 bits per heavy atom. The van der Waals surface area contributed by atoms with Crippen LogP contribution in [0.25, 0.3) is 5.57 Å². The zero-order valence-electron chi connectivity index (χ0n) is 18.5. The molecule has 2 amide bonds. The fourth-order valence-electron chi connectivity index (χ4n) is 3.63. The van der Waals surface area contributed by atoms with Crippen molar-refractivity contribution in [1.29, 1.82) is 0 Å². The van der Waals surface area contributed by atoms with Crippen LogP contribution < -0.4 is 19.7 Å². The Morgan fingerprint density at radius 1 is 0.848 bits per heavy atom. The van der Waals surface area contributed by atoms with Gasteiger partial charge in [-0.1, -0.05) is 36.4 Å². The Morgan fingerprint density at radius 2 is 1.48 bits per heavy atom. The van der Waals surface area contributed by atoms with Crippen molar-refractivity contribution in [2.24, 2.45) is 0 Å². The van der Waals surface area contributed by atoms with Gasteiger partial charge in [-0.05, 0) is 55.8 Å². The third-order valence-electron chi connectivity index (χ3n) is 5.05. The molecule has 7 heteroatoms. The fourth-order valence-corrected chi connectivity index (χ4v) is 3.63. The Hall–Kier alpha value is -4.13. The minimum atomic E-state index is -0.551. The SMILES string of the molecule is COc1ccccc1NC1=C(c2ccc(F)cc2)C(=O)N(c2ccccc2OC(C)C)C1=O. The number of carbonyl (C=O) groups is 2. The molecule has 0 bridgehead atoms. The number of para-hydroxylation sites is 4. The van der Waals surface area contributed by atoms with Crippen molar-refractivity contribution >= 4 is 28.8 Å². The summed E-state index contributed by atoms with van der Waals surface area (Å²) in [7, 11) is 1.52. The first-order valence-corrected chi connectivity index (χ1v) is 10.5. The van der Waals surface area contributed by atoms with E-state index in [1.54, 1.807) is 48.5 Å². The number of anilines is 2. The van der Waals surface area contributed by atoms with Gasteiger partial charge in [-0.25, -0.2) is 9.29 Å². The summed E-state index contributed by atoms with van der Waals surface area (Å²) in [5, 5.41) is 3.07. The summed E-state index contributed by atoms with van der Waals surface area (Å²) >= 11 is 0. The molecule has 0 fully saturated rings. The molecule has 0 spiro atoms. The number of benzene rings is 3. The quantitative estimate of drug-likeness (QED) is 0.517. The number of ether oxygens (including phenoxy) is 2. The van der Waals surface area contributed by atoms with Crippen molar-refractivity contribution in [3.05, 3.63) is 89.9 Å². The molecule has 1 aliphatic heterocycles. The van der Waals surface area contributed by atoms with Gasteiger partial charge in [0.1, 0.15) is 23.0 Å². The molecule has 3 aromatic carbocycles. The van der Waals surface area contributed by atoms with Crippen LogP contribution in [0.4, 0.5) is 15.8 Å². The van der Waals surface area contributed by atoms with Crippen molar-refractivity contribution in [3.8, 4) is 11.5 Å². The Bertz CT molecular complexity index is 1240. The summed E-state index contributed by atoms with van der Waals surface area (Å²) in [5.41, 5.74) is 1.46. The Kier molecular flexibility index (Phi) is 6.13. The number of hydrogen-bond donors (Lipinski definition) is 1. The van der Waals surface area contributed by atoms with Gasteiger partial charge in [0.25, 0.3) is 11.8 Å². The average Bonchev–Trinajstić information content (AvgIpc) is 3.04. The first kappa shape index (κ1) is 22.1. The predicted octanol–water partition coefficient (Wildman–Crippen LogP) is 5.02. The number of hydrogen-bond acceptors (Lipinski definition) is 5. The van der Waals surface area contributed by atoms with E-state index in [9.17, 15) is 14.0 Å². The minimum absolute atomic E-state index is 0.0652. The van der Waals surface area contributed by atoms with E-state index in [-0.39, 0.29) is 17.4 Å². The van der Waals surface area contributed by atoms with Gasteiger partial charge in [-0.2, -0.15) is 0 Å². The Balaban J connectivity index is 1.84. The lowest BCUT2D eigenvalue weighted by Crippen LogP contribution is -2.33. The van der Waals surface area contributed by atoms with Gasteiger partial charge >= 0.3 is 0 Å². The first-order valence-electron chi connectivity index (χ1n) is 10.5. The molecule has 1 N–H and O–H groups in total. The molecule has 6 nitrogen and oxygen atoms in total. The maximum atomic E-state index is 13.6. The third kappa shape index (κ3) is 4.30. The monoisotopic (exact) mass is 446 g/mol. The number of imide groups is 1. The molecule has 1 aliphatic rings. The van der Waals surface area contributed by atoms with Gasteiger partial charge in [0.15, 0.2) is 0 Å². The van der Waals surface area contributed by atoms with Gasteiger partial charge < -0.3 is 14.8 Å². The average molecular weight is 446 g/mol. The molecule has 0 radical (unpaired) electrons. The summed E-state index contributed by atoms with van der Waals surface area (Å²) in [4.78, 5) is 28.3. The summed E-state index contributed by atoms with van der Waals surface area (Å²) in [6.07, 6.45) is -0.158. The zero-order valence-corrected chi connectivity index (χ0v) is 18.5. The highest BCUT2D eigenvalue weighted by atomic mass is 19.1. The Labute approximate surface area is 191 Å². The maximum Gasteiger partial charge on any atom is 0.282 e. The van der Waals surface area contributed by atoms with E-state index in [1.807, 2.05) is 13.8 Å². The molecule has 0 saturated carbocycles. The molecule has 0 aromatic heterocycles. The molecule has 168 valence electrons. The lowest BCUT2D eigenvalue weighted by molar-refractivity contribution is -0.120. The van der Waals surface area contributed by atoms with E-state index in [0.29, 0.717) is 28.4 Å². The molecular formula is C26H23FN2O4. The summed E-state index contributed by atoms with van der Waals surface area (Å²) in [6.45, 7) is 3.72. The van der Waals surface area contributed by atoms with E-state index in [2.05, 4.69) is 5.32 Å². The summed E-state index contributed by atoms with van der Waals surface area (Å²) in [6, 6.07) is 19.4. The number of amides is 2. The maximum absolute atomic E-state index is 13.6. The van der Waals surface area contributed by atoms with Gasteiger partial charge in [0.2, 0.25) is 0 Å². The van der Waals surface area contributed by atoms with Crippen LogP contribution in [0.5, 0.6) is 11.5 Å². The second kappa shape index (κ2) is 9.16. The van der Waals surface area contributed by atoms with Crippen LogP contribution >= 0.6 is 0 Å². The predicted molar refractivity (Wildman–Crippen MR) is 125 cm³/mol. The molecule has 33 heavy (non-hydrogen) atoms. The standard InChI is InChI=1S/C26H23FN2O4/c1-16(2)33-22-11-7-5-9-20(22)29-25(30)23(17-12-14-18(27)15-13-17)24(26(29)31)28-19-8-4-6-10-21(19)32-3/h4-16,28H,1-3H3. The minimum Gasteiger partial charge on any atom is -0.495 e. The van der Waals surface area contributed by atoms with Crippen molar-refractivity contribution in [2.75, 3.05) is 17.3 Å². The highest BCUT2D eigenvalue weighted by molar-refractivity contribution is 6.46. The zero-order chi connectivity index (χ0) is 23.5. The highest BCUT2D eigenvalue weighted by Crippen LogP contribution is 2.39. The van der Waals surface area contributed by atoms with E-state index in [4.69, 9.17) is 9.47 Å². The van der Waals surface area contributed by atoms with Crippen molar-refractivity contribution in [3.63, 3.8) is 0 Å². The molecule has 4 rings (SSSR count). The molecule has 0 unspecified atom stereocenters. The van der Waals surface area contributed by atoms with E-state index in [1.165, 1.54) is 31.4 Å². The number of nitrogens with one attached hydrogen (secondary N) is 1. The summed E-state index contributed by atoms with van der Waals surface area (Å²) in [5.74, 6) is -0.617. The third-order valence-corrected chi connectivity index (χ3v) is 5.05. The van der Waals surface area contributed by atoms with Gasteiger partial charge in [-0.15, -0.1) is 0 Å². The van der Waals surface area contributed by atoms with Crippen molar-refractivity contribution < 1.29 is 23.5 Å². The molecular weight excluding hydrogens is 423 g/mol. The van der Waals surface area contributed by atoms with Crippen LogP contribution in [0.2, 0.25) is 0 Å². The molecule has 0 aliphatic carbocycles. The largest absolute Gasteiger partial charge is 0.495 e. The van der Waals surface area contributed by atoms with Crippen LogP contribution in [-0.2, 0) is 9.59 Å². The fraction of sp³-hybridized carbons (Fsp3) is 0.154. The molecule has 0 atom stereocenters. The number of nitrogens with zero attached hydrogens (tertiary/aromatic N) is 1. The van der Waals surface area contributed by atoms with Crippen LogP contribution in [0.15, 0.2) is 78.5 Å². The van der Waals surface area contributed by atoms with Gasteiger partial charge in [0, 0.05) is 0 Å². The van der Waals surface area contributed by atoms with E-state index >= 15 is 0 Å². The van der Waals surface area contributed by atoms with Crippen LogP contribution in [0.1, 0.15) is 19.4 Å². The molecule has 1 heterocycles. The molecule has 0 saturated heterocycles. The number of rotatable bonds is 7. The lowest BCUT2D eigenvalue weighted by Gasteiger charge is -2.20. The van der Waals surface area contributed by atoms with E-state index in [0.717, 1.165) is 4.90 Å².